The lowest BCUT2D eigenvalue weighted by Crippen LogP contribution is -2.47. The standard InChI is InChI=1S/C19H25N5O2/c25-19(21-11-18-16-7-3-8-17(16)22-23-18)24-10-4-6-15(12-24)26-13-14-5-1-2-9-20-14/h1-2,5,9,15H,3-4,6-8,10-13H2,(H,21,25)(H,22,23)/t15-/m0/s1. The van der Waals surface area contributed by atoms with E-state index in [1.54, 1.807) is 6.20 Å². The Balaban J connectivity index is 1.26. The van der Waals surface area contributed by atoms with Gasteiger partial charge in [-0.3, -0.25) is 10.1 Å². The molecule has 2 aliphatic rings. The number of rotatable bonds is 5. The van der Waals surface area contributed by atoms with Crippen molar-refractivity contribution in [3.8, 4) is 0 Å². The molecule has 3 heterocycles. The number of likely N-dealkylation sites (tertiary alicyclic amines) is 1. The number of nitrogens with one attached hydrogen (secondary N) is 2. The number of amides is 2. The van der Waals surface area contributed by atoms with Gasteiger partial charge in [-0.25, -0.2) is 4.79 Å². The van der Waals surface area contributed by atoms with Crippen LogP contribution in [-0.4, -0.2) is 45.3 Å². The number of fused-ring (bicyclic) bond motifs is 1. The molecule has 0 radical (unpaired) electrons. The number of ether oxygens (including phenoxy) is 1. The largest absolute Gasteiger partial charge is 0.370 e. The lowest BCUT2D eigenvalue weighted by molar-refractivity contribution is -0.00169. The van der Waals surface area contributed by atoms with Gasteiger partial charge in [0.05, 0.1) is 30.6 Å². The Hall–Kier alpha value is -2.41. The van der Waals surface area contributed by atoms with Crippen LogP contribution in [0.4, 0.5) is 4.79 Å². The molecule has 7 heteroatoms. The third-order valence-corrected chi connectivity index (χ3v) is 5.16. The third-order valence-electron chi connectivity index (χ3n) is 5.16. The van der Waals surface area contributed by atoms with Crippen molar-refractivity contribution in [2.75, 3.05) is 13.1 Å². The Morgan fingerprint density at radius 1 is 1.35 bits per heavy atom. The van der Waals surface area contributed by atoms with Crippen molar-refractivity contribution >= 4 is 6.03 Å². The third kappa shape index (κ3) is 3.88. The van der Waals surface area contributed by atoms with Crippen molar-refractivity contribution in [1.82, 2.24) is 25.4 Å². The minimum absolute atomic E-state index is 0.0362. The fourth-order valence-electron chi connectivity index (χ4n) is 3.75. The summed E-state index contributed by atoms with van der Waals surface area (Å²) in [5, 5.41) is 10.4. The molecule has 1 saturated heterocycles. The molecule has 2 aromatic rings. The van der Waals surface area contributed by atoms with E-state index in [0.717, 1.165) is 43.6 Å². The van der Waals surface area contributed by atoms with Crippen molar-refractivity contribution in [2.24, 2.45) is 0 Å². The molecule has 0 spiro atoms. The Labute approximate surface area is 153 Å². The molecule has 4 rings (SSSR count). The minimum atomic E-state index is -0.0362. The quantitative estimate of drug-likeness (QED) is 0.861. The zero-order valence-electron chi connectivity index (χ0n) is 14.9. The molecule has 0 unspecified atom stereocenters. The monoisotopic (exact) mass is 355 g/mol. The van der Waals surface area contributed by atoms with Crippen LogP contribution in [0.15, 0.2) is 24.4 Å². The highest BCUT2D eigenvalue weighted by Gasteiger charge is 2.25. The number of carbonyl (C=O) groups is 1. The van der Waals surface area contributed by atoms with E-state index in [0.29, 0.717) is 19.7 Å². The van der Waals surface area contributed by atoms with Crippen LogP contribution in [-0.2, 0) is 30.7 Å². The Bertz CT molecular complexity index is 746. The van der Waals surface area contributed by atoms with Gasteiger partial charge in [0.15, 0.2) is 0 Å². The number of hydrogen-bond donors (Lipinski definition) is 2. The fourth-order valence-corrected chi connectivity index (χ4v) is 3.75. The van der Waals surface area contributed by atoms with Crippen molar-refractivity contribution in [1.29, 1.82) is 0 Å². The van der Waals surface area contributed by atoms with E-state index < -0.39 is 0 Å². The summed E-state index contributed by atoms with van der Waals surface area (Å²) < 4.78 is 5.96. The van der Waals surface area contributed by atoms with Gasteiger partial charge in [0, 0.05) is 25.0 Å². The first-order valence-electron chi connectivity index (χ1n) is 9.39. The maximum absolute atomic E-state index is 12.5. The molecule has 1 aliphatic heterocycles. The summed E-state index contributed by atoms with van der Waals surface area (Å²) in [6.45, 7) is 2.37. The van der Waals surface area contributed by atoms with Gasteiger partial charge < -0.3 is 15.0 Å². The van der Waals surface area contributed by atoms with Crippen LogP contribution in [0.3, 0.4) is 0 Å². The first kappa shape index (κ1) is 17.0. The van der Waals surface area contributed by atoms with Crippen LogP contribution in [0.1, 0.15) is 41.9 Å². The Morgan fingerprint density at radius 3 is 3.19 bits per heavy atom. The summed E-state index contributed by atoms with van der Waals surface area (Å²) in [6.07, 6.45) is 7.06. The number of H-pyrrole nitrogens is 1. The van der Waals surface area contributed by atoms with Gasteiger partial charge in [-0.2, -0.15) is 5.10 Å². The van der Waals surface area contributed by atoms with E-state index in [9.17, 15) is 4.79 Å². The van der Waals surface area contributed by atoms with Gasteiger partial charge in [-0.05, 0) is 49.8 Å². The maximum atomic E-state index is 12.5. The smallest absolute Gasteiger partial charge is 0.317 e. The zero-order valence-corrected chi connectivity index (χ0v) is 14.9. The molecule has 2 N–H and O–H groups in total. The van der Waals surface area contributed by atoms with Gasteiger partial charge in [-0.15, -0.1) is 0 Å². The maximum Gasteiger partial charge on any atom is 0.317 e. The van der Waals surface area contributed by atoms with Crippen LogP contribution < -0.4 is 5.32 Å². The minimum Gasteiger partial charge on any atom is -0.370 e. The second kappa shape index (κ2) is 7.86. The van der Waals surface area contributed by atoms with Crippen molar-refractivity contribution in [2.45, 2.75) is 51.4 Å². The molecular weight excluding hydrogens is 330 g/mol. The summed E-state index contributed by atoms with van der Waals surface area (Å²) in [4.78, 5) is 18.6. The van der Waals surface area contributed by atoms with Crippen molar-refractivity contribution < 1.29 is 9.53 Å². The van der Waals surface area contributed by atoms with Gasteiger partial charge >= 0.3 is 6.03 Å². The highest BCUT2D eigenvalue weighted by atomic mass is 16.5. The number of aryl methyl sites for hydroxylation is 1. The highest BCUT2D eigenvalue weighted by molar-refractivity contribution is 5.74. The molecule has 2 aromatic heterocycles. The number of nitrogens with zero attached hydrogens (tertiary/aromatic N) is 3. The number of pyridine rings is 1. The molecular formula is C19H25N5O2. The van der Waals surface area contributed by atoms with E-state index >= 15 is 0 Å². The number of urea groups is 1. The second-order valence-corrected chi connectivity index (χ2v) is 6.98. The van der Waals surface area contributed by atoms with Gasteiger partial charge in [0.25, 0.3) is 0 Å². The predicted molar refractivity (Wildman–Crippen MR) is 96.5 cm³/mol. The van der Waals surface area contributed by atoms with Crippen LogP contribution in [0, 0.1) is 0 Å². The molecule has 138 valence electrons. The molecule has 0 saturated carbocycles. The van der Waals surface area contributed by atoms with E-state index in [-0.39, 0.29) is 12.1 Å². The average molecular weight is 355 g/mol. The average Bonchev–Trinajstić information content (AvgIpc) is 3.30. The highest BCUT2D eigenvalue weighted by Crippen LogP contribution is 2.22. The molecule has 7 nitrogen and oxygen atoms in total. The lowest BCUT2D eigenvalue weighted by Gasteiger charge is -2.32. The molecule has 1 fully saturated rings. The van der Waals surface area contributed by atoms with Gasteiger partial charge in [0.1, 0.15) is 0 Å². The van der Waals surface area contributed by atoms with Crippen LogP contribution >= 0.6 is 0 Å². The van der Waals surface area contributed by atoms with E-state index in [2.05, 4.69) is 20.5 Å². The Morgan fingerprint density at radius 2 is 2.31 bits per heavy atom. The van der Waals surface area contributed by atoms with Crippen LogP contribution in [0.5, 0.6) is 0 Å². The second-order valence-electron chi connectivity index (χ2n) is 6.98. The van der Waals surface area contributed by atoms with Crippen molar-refractivity contribution in [3.05, 3.63) is 47.0 Å². The van der Waals surface area contributed by atoms with Gasteiger partial charge in [-0.1, -0.05) is 6.07 Å². The number of aromatic amines is 1. The molecule has 0 bridgehead atoms. The van der Waals surface area contributed by atoms with Crippen LogP contribution in [0.25, 0.3) is 0 Å². The zero-order chi connectivity index (χ0) is 17.8. The van der Waals surface area contributed by atoms with Crippen molar-refractivity contribution in [3.63, 3.8) is 0 Å². The Kier molecular flexibility index (Phi) is 5.15. The molecule has 0 aromatic carbocycles. The normalized spacial score (nSPS) is 19.4. The molecule has 1 aliphatic carbocycles. The number of piperidine rings is 1. The van der Waals surface area contributed by atoms with E-state index in [1.165, 1.54) is 17.7 Å². The van der Waals surface area contributed by atoms with Crippen LogP contribution in [0.2, 0.25) is 0 Å². The first-order chi connectivity index (χ1) is 12.8. The van der Waals surface area contributed by atoms with E-state index in [1.807, 2.05) is 23.1 Å². The topological polar surface area (TPSA) is 83.1 Å². The summed E-state index contributed by atoms with van der Waals surface area (Å²) in [6, 6.07) is 5.77. The fraction of sp³-hybridized carbons (Fsp3) is 0.526. The molecule has 2 amide bonds. The summed E-state index contributed by atoms with van der Waals surface area (Å²) in [5.41, 5.74) is 4.42. The molecule has 1 atom stereocenters. The molecule has 26 heavy (non-hydrogen) atoms. The van der Waals surface area contributed by atoms with Gasteiger partial charge in [0.2, 0.25) is 0 Å². The summed E-state index contributed by atoms with van der Waals surface area (Å²) >= 11 is 0. The van der Waals surface area contributed by atoms with E-state index in [4.69, 9.17) is 4.74 Å². The SMILES string of the molecule is O=C(NCc1n[nH]c2c1CCC2)N1CCC[C@H](OCc2ccccn2)C1. The summed E-state index contributed by atoms with van der Waals surface area (Å²) in [7, 11) is 0. The number of aromatic nitrogens is 3. The predicted octanol–water partition coefficient (Wildman–Crippen LogP) is 2.18. The summed E-state index contributed by atoms with van der Waals surface area (Å²) in [5.74, 6) is 0. The lowest BCUT2D eigenvalue weighted by atomic mass is 10.1. The number of hydrogen-bond acceptors (Lipinski definition) is 4. The number of carbonyl (C=O) groups excluding carboxylic acids is 1. The first-order valence-corrected chi connectivity index (χ1v) is 9.39.